The molecule has 1 aliphatic rings. The molecule has 0 aliphatic carbocycles. The van der Waals surface area contributed by atoms with Crippen LogP contribution in [0.2, 0.25) is 0 Å². The van der Waals surface area contributed by atoms with Gasteiger partial charge in [0.2, 0.25) is 5.91 Å². The summed E-state index contributed by atoms with van der Waals surface area (Å²) in [4.78, 5) is 22.2. The molecule has 1 aliphatic heterocycles. The fourth-order valence-corrected chi connectivity index (χ4v) is 3.91. The van der Waals surface area contributed by atoms with E-state index in [1.54, 1.807) is 17.4 Å². The molecule has 2 aromatic heterocycles. The highest BCUT2D eigenvalue weighted by atomic mass is 32.1. The molecular weight excluding hydrogens is 370 g/mol. The van der Waals surface area contributed by atoms with E-state index in [0.717, 1.165) is 39.6 Å². The number of rotatable bonds is 5. The minimum atomic E-state index is -0.120. The van der Waals surface area contributed by atoms with Gasteiger partial charge in [-0.2, -0.15) is 0 Å². The number of aryl methyl sites for hydroxylation is 2. The number of nitrogens with zero attached hydrogens (tertiary/aromatic N) is 2. The van der Waals surface area contributed by atoms with Crippen LogP contribution in [0.4, 0.5) is 0 Å². The lowest BCUT2D eigenvalue weighted by Gasteiger charge is -2.13. The van der Waals surface area contributed by atoms with Gasteiger partial charge in [0.05, 0.1) is 12.1 Å². The number of nitrogens with one attached hydrogen (secondary N) is 1. The molecule has 3 heterocycles. The number of carbonyl (C=O) groups is 1. The molecule has 0 fully saturated rings. The molecule has 3 aromatic rings. The molecule has 1 unspecified atom stereocenters. The Bertz CT molecular complexity index is 1010. The quantitative estimate of drug-likeness (QED) is 0.669. The number of fused-ring (bicyclic) bond motifs is 1. The molecule has 1 amide bonds. The van der Waals surface area contributed by atoms with E-state index in [0.29, 0.717) is 12.4 Å². The molecule has 0 saturated heterocycles. The van der Waals surface area contributed by atoms with Crippen molar-refractivity contribution in [2.24, 2.45) is 0 Å². The Hall–Kier alpha value is -2.99. The monoisotopic (exact) mass is 391 g/mol. The van der Waals surface area contributed by atoms with Gasteiger partial charge >= 0.3 is 0 Å². The van der Waals surface area contributed by atoms with Crippen molar-refractivity contribution in [2.45, 2.75) is 26.4 Å². The SMILES string of the molecule is Cc1cc(C)nc(-c2cccc3c2OC(CNC(=O)/C=C/c2cccs2)C3)n1. The highest BCUT2D eigenvalue weighted by Gasteiger charge is 2.26. The first-order valence-corrected chi connectivity index (χ1v) is 10.1. The molecule has 6 heteroatoms. The fraction of sp³-hybridized carbons (Fsp3) is 0.227. The van der Waals surface area contributed by atoms with Gasteiger partial charge in [-0.15, -0.1) is 11.3 Å². The largest absolute Gasteiger partial charge is 0.487 e. The maximum absolute atomic E-state index is 12.1. The minimum Gasteiger partial charge on any atom is -0.487 e. The Balaban J connectivity index is 1.43. The predicted octanol–water partition coefficient (Wildman–Crippen LogP) is 3.96. The van der Waals surface area contributed by atoms with Crippen LogP contribution in [-0.2, 0) is 11.2 Å². The van der Waals surface area contributed by atoms with Crippen molar-refractivity contribution in [3.63, 3.8) is 0 Å². The minimum absolute atomic E-state index is 0.0962. The molecule has 1 atom stereocenters. The Morgan fingerprint density at radius 1 is 1.25 bits per heavy atom. The fourth-order valence-electron chi connectivity index (χ4n) is 3.29. The third-order valence-electron chi connectivity index (χ3n) is 4.50. The van der Waals surface area contributed by atoms with Crippen LogP contribution in [0.5, 0.6) is 5.75 Å². The molecule has 0 spiro atoms. The van der Waals surface area contributed by atoms with Gasteiger partial charge in [0.1, 0.15) is 11.9 Å². The molecule has 0 bridgehead atoms. The average Bonchev–Trinajstić information content (AvgIpc) is 3.32. The van der Waals surface area contributed by atoms with Crippen molar-refractivity contribution >= 4 is 23.3 Å². The van der Waals surface area contributed by atoms with E-state index in [4.69, 9.17) is 4.74 Å². The predicted molar refractivity (Wildman–Crippen MR) is 111 cm³/mol. The maximum atomic E-state index is 12.1. The smallest absolute Gasteiger partial charge is 0.244 e. The third-order valence-corrected chi connectivity index (χ3v) is 5.34. The van der Waals surface area contributed by atoms with Gasteiger partial charge in [0.15, 0.2) is 5.82 Å². The first-order chi connectivity index (χ1) is 13.6. The van der Waals surface area contributed by atoms with Crippen molar-refractivity contribution in [2.75, 3.05) is 6.54 Å². The molecule has 5 nitrogen and oxygen atoms in total. The highest BCUT2D eigenvalue weighted by molar-refractivity contribution is 7.10. The van der Waals surface area contributed by atoms with Crippen LogP contribution >= 0.6 is 11.3 Å². The molecule has 4 rings (SSSR count). The molecule has 0 radical (unpaired) electrons. The van der Waals surface area contributed by atoms with Crippen LogP contribution in [-0.4, -0.2) is 28.5 Å². The second-order valence-electron chi connectivity index (χ2n) is 6.81. The Kier molecular flexibility index (Phi) is 5.21. The summed E-state index contributed by atoms with van der Waals surface area (Å²) in [7, 11) is 0. The number of hydrogen-bond acceptors (Lipinski definition) is 5. The third kappa shape index (κ3) is 4.12. The number of ether oxygens (including phenoxy) is 1. The van der Waals surface area contributed by atoms with E-state index < -0.39 is 0 Å². The Labute approximate surface area is 168 Å². The summed E-state index contributed by atoms with van der Waals surface area (Å²) < 4.78 is 6.16. The van der Waals surface area contributed by atoms with E-state index >= 15 is 0 Å². The van der Waals surface area contributed by atoms with Gasteiger partial charge in [0, 0.05) is 28.8 Å². The van der Waals surface area contributed by atoms with Gasteiger partial charge in [-0.1, -0.05) is 18.2 Å². The zero-order valence-corrected chi connectivity index (χ0v) is 16.6. The molecule has 0 saturated carbocycles. The summed E-state index contributed by atoms with van der Waals surface area (Å²) >= 11 is 1.60. The second-order valence-corrected chi connectivity index (χ2v) is 7.79. The summed E-state index contributed by atoms with van der Waals surface area (Å²) in [6.07, 6.45) is 4.03. The van der Waals surface area contributed by atoms with Gasteiger partial charge in [-0.05, 0) is 49.1 Å². The van der Waals surface area contributed by atoms with Crippen molar-refractivity contribution in [3.8, 4) is 17.1 Å². The van der Waals surface area contributed by atoms with Gasteiger partial charge < -0.3 is 10.1 Å². The van der Waals surface area contributed by atoms with E-state index in [-0.39, 0.29) is 12.0 Å². The zero-order chi connectivity index (χ0) is 19.5. The maximum Gasteiger partial charge on any atom is 0.244 e. The number of thiophene rings is 1. The van der Waals surface area contributed by atoms with Crippen molar-refractivity contribution < 1.29 is 9.53 Å². The molecule has 1 N–H and O–H groups in total. The van der Waals surface area contributed by atoms with Crippen LogP contribution in [0.15, 0.2) is 47.9 Å². The number of aromatic nitrogens is 2. The highest BCUT2D eigenvalue weighted by Crippen LogP contribution is 2.37. The lowest BCUT2D eigenvalue weighted by atomic mass is 10.1. The summed E-state index contributed by atoms with van der Waals surface area (Å²) in [5, 5.41) is 4.91. The molecule has 28 heavy (non-hydrogen) atoms. The number of amides is 1. The van der Waals surface area contributed by atoms with Crippen molar-refractivity contribution in [1.29, 1.82) is 0 Å². The van der Waals surface area contributed by atoms with Crippen LogP contribution in [0, 0.1) is 13.8 Å². The van der Waals surface area contributed by atoms with Crippen LogP contribution < -0.4 is 10.1 Å². The molecule has 142 valence electrons. The summed E-state index contributed by atoms with van der Waals surface area (Å²) in [6, 6.07) is 11.9. The second kappa shape index (κ2) is 7.94. The van der Waals surface area contributed by atoms with Crippen LogP contribution in [0.1, 0.15) is 21.8 Å². The lowest BCUT2D eigenvalue weighted by molar-refractivity contribution is -0.116. The number of para-hydroxylation sites is 1. The average molecular weight is 391 g/mol. The first kappa shape index (κ1) is 18.4. The Morgan fingerprint density at radius 3 is 2.82 bits per heavy atom. The summed E-state index contributed by atoms with van der Waals surface area (Å²) in [5.41, 5.74) is 3.88. The molecule has 1 aromatic carbocycles. The van der Waals surface area contributed by atoms with Gasteiger partial charge in [-0.25, -0.2) is 9.97 Å². The van der Waals surface area contributed by atoms with Crippen LogP contribution in [0.3, 0.4) is 0 Å². The van der Waals surface area contributed by atoms with Gasteiger partial charge in [-0.3, -0.25) is 4.79 Å². The summed E-state index contributed by atoms with van der Waals surface area (Å²) in [5.74, 6) is 1.38. The van der Waals surface area contributed by atoms with Crippen molar-refractivity contribution in [3.05, 3.63) is 69.7 Å². The normalized spacial score (nSPS) is 15.4. The first-order valence-electron chi connectivity index (χ1n) is 9.19. The lowest BCUT2D eigenvalue weighted by Crippen LogP contribution is -2.33. The molecular formula is C22H21N3O2S. The number of benzene rings is 1. The number of carbonyl (C=O) groups excluding carboxylic acids is 1. The van der Waals surface area contributed by atoms with E-state index in [9.17, 15) is 4.79 Å². The number of hydrogen-bond donors (Lipinski definition) is 1. The van der Waals surface area contributed by atoms with E-state index in [1.807, 2.05) is 55.6 Å². The topological polar surface area (TPSA) is 64.1 Å². The van der Waals surface area contributed by atoms with Gasteiger partial charge in [0.25, 0.3) is 0 Å². The summed E-state index contributed by atoms with van der Waals surface area (Å²) in [6.45, 7) is 4.38. The zero-order valence-electron chi connectivity index (χ0n) is 15.8. The standard InChI is InChI=1S/C22H21N3O2S/c1-14-11-15(2)25-22(24-14)19-7-3-5-16-12-17(27-21(16)19)13-23-20(26)9-8-18-6-4-10-28-18/h3-11,17H,12-13H2,1-2H3,(H,23,26)/b9-8+. The van der Waals surface area contributed by atoms with Crippen LogP contribution in [0.25, 0.3) is 17.5 Å². The van der Waals surface area contributed by atoms with E-state index in [2.05, 4.69) is 21.4 Å². The van der Waals surface area contributed by atoms with E-state index in [1.165, 1.54) is 0 Å². The van der Waals surface area contributed by atoms with Crippen molar-refractivity contribution in [1.82, 2.24) is 15.3 Å². The Morgan fingerprint density at radius 2 is 2.07 bits per heavy atom.